The highest BCUT2D eigenvalue weighted by Crippen LogP contribution is 2.28. The van der Waals surface area contributed by atoms with Gasteiger partial charge in [-0.1, -0.05) is 0 Å². The van der Waals surface area contributed by atoms with Gasteiger partial charge in [0.25, 0.3) is 0 Å². The van der Waals surface area contributed by atoms with Crippen molar-refractivity contribution in [2.24, 2.45) is 0 Å². The van der Waals surface area contributed by atoms with Crippen LogP contribution in [0, 0.1) is 0 Å². The number of rotatable bonds is 4. The number of benzene rings is 1. The molecule has 0 aliphatic carbocycles. The van der Waals surface area contributed by atoms with Crippen molar-refractivity contribution in [2.75, 3.05) is 33.1 Å². The van der Waals surface area contributed by atoms with Gasteiger partial charge in [-0.25, -0.2) is 0 Å². The highest BCUT2D eigenvalue weighted by Gasteiger charge is 2.08. The number of nitrogens with zero attached hydrogens (tertiary/aromatic N) is 1. The second-order valence-corrected chi connectivity index (χ2v) is 3.67. The summed E-state index contributed by atoms with van der Waals surface area (Å²) in [5, 5.41) is 12.0. The van der Waals surface area contributed by atoms with E-state index < -0.39 is 0 Å². The average molecular weight is 224 g/mol. The molecule has 1 rings (SSSR count). The molecule has 5 nitrogen and oxygen atoms in total. The van der Waals surface area contributed by atoms with Gasteiger partial charge >= 0.3 is 0 Å². The highest BCUT2D eigenvalue weighted by molar-refractivity contribution is 5.93. The van der Waals surface area contributed by atoms with Gasteiger partial charge in [0, 0.05) is 6.07 Å². The summed E-state index contributed by atoms with van der Waals surface area (Å²) in [7, 11) is 5.12. The standard InChI is InChI=1S/C11H16N2O3/c1-13(2)7-11(15)12-9-6-8(14)4-5-10(9)16-3/h4-6,14H,7H2,1-3H3,(H,12,15). The van der Waals surface area contributed by atoms with Crippen LogP contribution < -0.4 is 10.1 Å². The van der Waals surface area contributed by atoms with E-state index in [9.17, 15) is 9.90 Å². The molecule has 0 spiro atoms. The van der Waals surface area contributed by atoms with Crippen LogP contribution in [-0.2, 0) is 4.79 Å². The molecule has 0 unspecified atom stereocenters. The zero-order valence-corrected chi connectivity index (χ0v) is 9.65. The van der Waals surface area contributed by atoms with E-state index in [2.05, 4.69) is 5.32 Å². The van der Waals surface area contributed by atoms with Crippen LogP contribution in [0.4, 0.5) is 5.69 Å². The fraction of sp³-hybridized carbons (Fsp3) is 0.364. The van der Waals surface area contributed by atoms with Crippen molar-refractivity contribution in [1.82, 2.24) is 4.90 Å². The van der Waals surface area contributed by atoms with Gasteiger partial charge in [-0.05, 0) is 26.2 Å². The molecule has 16 heavy (non-hydrogen) atoms. The third kappa shape index (κ3) is 3.43. The summed E-state index contributed by atoms with van der Waals surface area (Å²) in [6.07, 6.45) is 0. The predicted molar refractivity (Wildman–Crippen MR) is 61.8 cm³/mol. The number of carbonyl (C=O) groups is 1. The number of carbonyl (C=O) groups excluding carboxylic acids is 1. The number of aromatic hydroxyl groups is 1. The smallest absolute Gasteiger partial charge is 0.238 e. The van der Waals surface area contributed by atoms with Crippen molar-refractivity contribution < 1.29 is 14.6 Å². The molecule has 0 heterocycles. The van der Waals surface area contributed by atoms with Crippen LogP contribution in [0.5, 0.6) is 11.5 Å². The molecule has 2 N–H and O–H groups in total. The van der Waals surface area contributed by atoms with E-state index in [0.717, 1.165) is 0 Å². The fourth-order valence-corrected chi connectivity index (χ4v) is 1.27. The second-order valence-electron chi connectivity index (χ2n) is 3.67. The van der Waals surface area contributed by atoms with Crippen molar-refractivity contribution in [3.8, 4) is 11.5 Å². The summed E-state index contributed by atoms with van der Waals surface area (Å²) < 4.78 is 5.07. The van der Waals surface area contributed by atoms with E-state index in [4.69, 9.17) is 4.74 Å². The maximum atomic E-state index is 11.5. The van der Waals surface area contributed by atoms with Crippen molar-refractivity contribution in [1.29, 1.82) is 0 Å². The largest absolute Gasteiger partial charge is 0.508 e. The van der Waals surface area contributed by atoms with Crippen LogP contribution in [0.2, 0.25) is 0 Å². The topological polar surface area (TPSA) is 61.8 Å². The summed E-state index contributed by atoms with van der Waals surface area (Å²) in [6.45, 7) is 0.277. The Bertz CT molecular complexity index is 377. The lowest BCUT2D eigenvalue weighted by molar-refractivity contribution is -0.116. The van der Waals surface area contributed by atoms with Gasteiger partial charge in [0.1, 0.15) is 11.5 Å². The molecule has 0 saturated heterocycles. The molecular weight excluding hydrogens is 208 g/mol. The first-order valence-electron chi connectivity index (χ1n) is 4.84. The first-order chi connectivity index (χ1) is 7.52. The molecule has 0 aliphatic heterocycles. The molecule has 0 aromatic heterocycles. The van der Waals surface area contributed by atoms with Gasteiger partial charge in [0.2, 0.25) is 5.91 Å². The lowest BCUT2D eigenvalue weighted by Crippen LogP contribution is -2.27. The van der Waals surface area contributed by atoms with E-state index in [1.54, 1.807) is 25.1 Å². The molecule has 88 valence electrons. The first-order valence-corrected chi connectivity index (χ1v) is 4.84. The van der Waals surface area contributed by atoms with Gasteiger partial charge in [-0.3, -0.25) is 4.79 Å². The summed E-state index contributed by atoms with van der Waals surface area (Å²) in [5.41, 5.74) is 0.467. The van der Waals surface area contributed by atoms with Crippen molar-refractivity contribution in [3.63, 3.8) is 0 Å². The van der Waals surface area contributed by atoms with Crippen LogP contribution in [0.15, 0.2) is 18.2 Å². The minimum atomic E-state index is -0.158. The molecule has 1 aromatic carbocycles. The van der Waals surface area contributed by atoms with Gasteiger partial charge in [0.05, 0.1) is 19.3 Å². The van der Waals surface area contributed by atoms with Crippen LogP contribution >= 0.6 is 0 Å². The number of anilines is 1. The summed E-state index contributed by atoms with van der Waals surface area (Å²) in [6, 6.07) is 4.55. The SMILES string of the molecule is COc1ccc(O)cc1NC(=O)CN(C)C. The summed E-state index contributed by atoms with van der Waals surface area (Å²) >= 11 is 0. The lowest BCUT2D eigenvalue weighted by Gasteiger charge is -2.12. The fourth-order valence-electron chi connectivity index (χ4n) is 1.27. The molecule has 5 heteroatoms. The number of phenolic OH excluding ortho intramolecular Hbond substituents is 1. The molecule has 0 saturated carbocycles. The number of likely N-dealkylation sites (N-methyl/N-ethyl adjacent to an activating group) is 1. The Balaban J connectivity index is 2.79. The Hall–Kier alpha value is -1.75. The van der Waals surface area contributed by atoms with E-state index in [1.807, 2.05) is 0 Å². The van der Waals surface area contributed by atoms with Crippen LogP contribution in [0.1, 0.15) is 0 Å². The molecule has 1 aromatic rings. The number of phenols is 1. The third-order valence-electron chi connectivity index (χ3n) is 1.92. The number of amides is 1. The Morgan fingerprint density at radius 3 is 2.75 bits per heavy atom. The molecule has 0 atom stereocenters. The van der Waals surface area contributed by atoms with Crippen molar-refractivity contribution in [2.45, 2.75) is 0 Å². The predicted octanol–water partition coefficient (Wildman–Crippen LogP) is 0.901. The third-order valence-corrected chi connectivity index (χ3v) is 1.92. The summed E-state index contributed by atoms with van der Waals surface area (Å²) in [5.74, 6) is 0.444. The number of ether oxygens (including phenoxy) is 1. The van der Waals surface area contributed by atoms with Gasteiger partial charge in [-0.2, -0.15) is 0 Å². The Morgan fingerprint density at radius 1 is 1.50 bits per heavy atom. The van der Waals surface area contributed by atoms with Crippen LogP contribution in [0.25, 0.3) is 0 Å². The zero-order chi connectivity index (χ0) is 12.1. The zero-order valence-electron chi connectivity index (χ0n) is 9.65. The molecular formula is C11H16N2O3. The van der Waals surface area contributed by atoms with E-state index >= 15 is 0 Å². The Labute approximate surface area is 94.6 Å². The second kappa shape index (κ2) is 5.37. The Kier molecular flexibility index (Phi) is 4.13. The van der Waals surface area contributed by atoms with E-state index in [-0.39, 0.29) is 18.2 Å². The maximum absolute atomic E-state index is 11.5. The maximum Gasteiger partial charge on any atom is 0.238 e. The van der Waals surface area contributed by atoms with Gasteiger partial charge in [0.15, 0.2) is 0 Å². The van der Waals surface area contributed by atoms with Crippen LogP contribution in [0.3, 0.4) is 0 Å². The number of hydrogen-bond acceptors (Lipinski definition) is 4. The minimum Gasteiger partial charge on any atom is -0.508 e. The molecule has 0 fully saturated rings. The molecule has 0 aliphatic rings. The monoisotopic (exact) mass is 224 g/mol. The number of methoxy groups -OCH3 is 1. The molecule has 0 bridgehead atoms. The van der Waals surface area contributed by atoms with Crippen LogP contribution in [-0.4, -0.2) is 43.7 Å². The molecule has 0 radical (unpaired) electrons. The van der Waals surface area contributed by atoms with Gasteiger partial charge < -0.3 is 20.1 Å². The van der Waals surface area contributed by atoms with E-state index in [0.29, 0.717) is 11.4 Å². The van der Waals surface area contributed by atoms with Crippen molar-refractivity contribution in [3.05, 3.63) is 18.2 Å². The quantitative estimate of drug-likeness (QED) is 0.797. The highest BCUT2D eigenvalue weighted by atomic mass is 16.5. The van der Waals surface area contributed by atoms with Crippen molar-refractivity contribution >= 4 is 11.6 Å². The number of hydrogen-bond donors (Lipinski definition) is 2. The summed E-state index contributed by atoms with van der Waals surface area (Å²) in [4.78, 5) is 13.3. The molecule has 1 amide bonds. The van der Waals surface area contributed by atoms with Gasteiger partial charge in [-0.15, -0.1) is 0 Å². The lowest BCUT2D eigenvalue weighted by atomic mass is 10.2. The first kappa shape index (κ1) is 12.3. The Morgan fingerprint density at radius 2 is 2.19 bits per heavy atom. The average Bonchev–Trinajstić information content (AvgIpc) is 2.16. The number of nitrogens with one attached hydrogen (secondary N) is 1. The normalized spacial score (nSPS) is 10.2. The van der Waals surface area contributed by atoms with E-state index in [1.165, 1.54) is 19.2 Å². The minimum absolute atomic E-state index is 0.0842.